The first kappa shape index (κ1) is 13.1. The van der Waals surface area contributed by atoms with Crippen molar-refractivity contribution < 1.29 is 13.9 Å². The lowest BCUT2D eigenvalue weighted by atomic mass is 10.1. The molecule has 0 aliphatic heterocycles. The zero-order valence-corrected chi connectivity index (χ0v) is 10.7. The second kappa shape index (κ2) is 5.52. The molecule has 0 atom stereocenters. The largest absolute Gasteiger partial charge is 0.465 e. The van der Waals surface area contributed by atoms with E-state index in [-0.39, 0.29) is 5.82 Å². The number of rotatable bonds is 3. The minimum Gasteiger partial charge on any atom is -0.465 e. The summed E-state index contributed by atoms with van der Waals surface area (Å²) in [5.74, 6) is -0.702. The van der Waals surface area contributed by atoms with Crippen molar-refractivity contribution in [3.05, 3.63) is 59.4 Å². The van der Waals surface area contributed by atoms with Gasteiger partial charge in [0.15, 0.2) is 0 Å². The van der Waals surface area contributed by atoms with Gasteiger partial charge in [0.1, 0.15) is 5.82 Å². The molecule has 3 nitrogen and oxygen atoms in total. The summed E-state index contributed by atoms with van der Waals surface area (Å²) >= 11 is 0. The molecule has 0 aliphatic rings. The molecule has 0 radical (unpaired) electrons. The van der Waals surface area contributed by atoms with Crippen molar-refractivity contribution in [1.29, 1.82) is 0 Å². The fraction of sp³-hybridized carbons (Fsp3) is 0.133. The molecule has 1 N–H and O–H groups in total. The summed E-state index contributed by atoms with van der Waals surface area (Å²) in [5, 5.41) is 3.12. The molecular weight excluding hydrogens is 245 g/mol. The monoisotopic (exact) mass is 259 g/mol. The molecule has 0 heterocycles. The second-order valence-electron chi connectivity index (χ2n) is 4.12. The first-order valence-electron chi connectivity index (χ1n) is 5.82. The first-order valence-corrected chi connectivity index (χ1v) is 5.82. The van der Waals surface area contributed by atoms with Crippen LogP contribution in [0.25, 0.3) is 0 Å². The number of ether oxygens (including phenoxy) is 1. The number of halogens is 1. The quantitative estimate of drug-likeness (QED) is 0.855. The van der Waals surface area contributed by atoms with Crippen LogP contribution in [0.15, 0.2) is 42.5 Å². The maximum absolute atomic E-state index is 13.0. The molecule has 0 saturated heterocycles. The molecule has 2 aromatic carbocycles. The van der Waals surface area contributed by atoms with E-state index >= 15 is 0 Å². The maximum atomic E-state index is 13.0. The fourth-order valence-corrected chi connectivity index (χ4v) is 1.79. The highest BCUT2D eigenvalue weighted by atomic mass is 19.1. The number of carbonyl (C=O) groups is 1. The number of anilines is 2. The summed E-state index contributed by atoms with van der Waals surface area (Å²) in [6, 6.07) is 11.5. The molecule has 4 heteroatoms. The predicted octanol–water partition coefficient (Wildman–Crippen LogP) is 3.66. The molecule has 0 unspecified atom stereocenters. The lowest BCUT2D eigenvalue weighted by molar-refractivity contribution is 0.0602. The molecule has 0 aromatic heterocycles. The number of hydrogen-bond acceptors (Lipinski definition) is 3. The van der Waals surface area contributed by atoms with Crippen LogP contribution >= 0.6 is 0 Å². The van der Waals surface area contributed by atoms with Gasteiger partial charge in [-0.25, -0.2) is 9.18 Å². The fourth-order valence-electron chi connectivity index (χ4n) is 1.79. The Bertz CT molecular complexity index is 611. The summed E-state index contributed by atoms with van der Waals surface area (Å²) in [6.07, 6.45) is 0. The Morgan fingerprint density at radius 2 is 1.89 bits per heavy atom. The third kappa shape index (κ3) is 2.91. The van der Waals surface area contributed by atoms with Gasteiger partial charge in [-0.05, 0) is 42.8 Å². The van der Waals surface area contributed by atoms with Crippen molar-refractivity contribution in [2.45, 2.75) is 6.92 Å². The van der Waals surface area contributed by atoms with Gasteiger partial charge in [0.25, 0.3) is 0 Å². The maximum Gasteiger partial charge on any atom is 0.339 e. The molecular formula is C15H14FNO2. The van der Waals surface area contributed by atoms with E-state index in [1.54, 1.807) is 31.2 Å². The summed E-state index contributed by atoms with van der Waals surface area (Å²) in [4.78, 5) is 11.6. The Morgan fingerprint density at radius 3 is 2.58 bits per heavy atom. The molecule has 0 fully saturated rings. The summed E-state index contributed by atoms with van der Waals surface area (Å²) in [6.45, 7) is 1.80. The van der Waals surface area contributed by atoms with Crippen LogP contribution in [-0.2, 0) is 4.74 Å². The number of nitrogens with one attached hydrogen (secondary N) is 1. The SMILES string of the molecule is COC(=O)c1ccccc1Nc1ccc(F)cc1C. The van der Waals surface area contributed by atoms with E-state index < -0.39 is 5.97 Å². The zero-order valence-electron chi connectivity index (χ0n) is 10.7. The van der Waals surface area contributed by atoms with E-state index in [0.717, 1.165) is 11.3 Å². The number of aryl methyl sites for hydroxylation is 1. The van der Waals surface area contributed by atoms with Crippen molar-refractivity contribution in [2.75, 3.05) is 12.4 Å². The van der Waals surface area contributed by atoms with Crippen LogP contribution in [0.3, 0.4) is 0 Å². The van der Waals surface area contributed by atoms with E-state index in [1.165, 1.54) is 19.2 Å². The molecule has 0 saturated carbocycles. The summed E-state index contributed by atoms with van der Waals surface area (Å²) < 4.78 is 17.8. The van der Waals surface area contributed by atoms with E-state index in [0.29, 0.717) is 11.3 Å². The van der Waals surface area contributed by atoms with E-state index in [2.05, 4.69) is 5.32 Å². The molecule has 0 bridgehead atoms. The topological polar surface area (TPSA) is 38.3 Å². The third-order valence-corrected chi connectivity index (χ3v) is 2.79. The number of benzene rings is 2. The van der Waals surface area contributed by atoms with Crippen LogP contribution in [0.5, 0.6) is 0 Å². The van der Waals surface area contributed by atoms with Crippen LogP contribution in [0.4, 0.5) is 15.8 Å². The second-order valence-corrected chi connectivity index (χ2v) is 4.12. The first-order chi connectivity index (χ1) is 9.11. The van der Waals surface area contributed by atoms with Crippen molar-refractivity contribution >= 4 is 17.3 Å². The minimum atomic E-state index is -0.414. The van der Waals surface area contributed by atoms with Crippen molar-refractivity contribution in [3.8, 4) is 0 Å². The third-order valence-electron chi connectivity index (χ3n) is 2.79. The Balaban J connectivity index is 2.35. The number of esters is 1. The molecule has 2 aromatic rings. The van der Waals surface area contributed by atoms with Gasteiger partial charge in [-0.3, -0.25) is 0 Å². The van der Waals surface area contributed by atoms with Gasteiger partial charge in [-0.2, -0.15) is 0 Å². The normalized spacial score (nSPS) is 10.1. The van der Waals surface area contributed by atoms with Gasteiger partial charge in [0.2, 0.25) is 0 Å². The Morgan fingerprint density at radius 1 is 1.16 bits per heavy atom. The predicted molar refractivity (Wildman–Crippen MR) is 72.2 cm³/mol. The van der Waals surface area contributed by atoms with Crippen molar-refractivity contribution in [1.82, 2.24) is 0 Å². The zero-order chi connectivity index (χ0) is 13.8. The average molecular weight is 259 g/mol. The van der Waals surface area contributed by atoms with Crippen molar-refractivity contribution in [2.24, 2.45) is 0 Å². The standard InChI is InChI=1S/C15H14FNO2/c1-10-9-11(16)7-8-13(10)17-14-6-4-3-5-12(14)15(18)19-2/h3-9,17H,1-2H3. The number of carbonyl (C=O) groups excluding carboxylic acids is 1. The highest BCUT2D eigenvalue weighted by Crippen LogP contribution is 2.24. The van der Waals surface area contributed by atoms with Gasteiger partial charge < -0.3 is 10.1 Å². The van der Waals surface area contributed by atoms with E-state index in [1.807, 2.05) is 6.07 Å². The van der Waals surface area contributed by atoms with Gasteiger partial charge in [-0.1, -0.05) is 12.1 Å². The van der Waals surface area contributed by atoms with Gasteiger partial charge in [-0.15, -0.1) is 0 Å². The smallest absolute Gasteiger partial charge is 0.339 e. The minimum absolute atomic E-state index is 0.288. The van der Waals surface area contributed by atoms with Crippen molar-refractivity contribution in [3.63, 3.8) is 0 Å². The lowest BCUT2D eigenvalue weighted by Gasteiger charge is -2.12. The molecule has 0 spiro atoms. The summed E-state index contributed by atoms with van der Waals surface area (Å²) in [5.41, 5.74) is 2.58. The summed E-state index contributed by atoms with van der Waals surface area (Å²) in [7, 11) is 1.34. The highest BCUT2D eigenvalue weighted by Gasteiger charge is 2.11. The van der Waals surface area contributed by atoms with Gasteiger partial charge >= 0.3 is 5.97 Å². The Labute approximate surface area is 111 Å². The molecule has 0 aliphatic carbocycles. The average Bonchev–Trinajstić information content (AvgIpc) is 2.41. The lowest BCUT2D eigenvalue weighted by Crippen LogP contribution is -2.05. The van der Waals surface area contributed by atoms with Crippen LogP contribution in [-0.4, -0.2) is 13.1 Å². The van der Waals surface area contributed by atoms with Crippen LogP contribution < -0.4 is 5.32 Å². The number of hydrogen-bond donors (Lipinski definition) is 1. The Kier molecular flexibility index (Phi) is 3.80. The molecule has 98 valence electrons. The Hall–Kier alpha value is -2.36. The van der Waals surface area contributed by atoms with E-state index in [4.69, 9.17) is 4.74 Å². The van der Waals surface area contributed by atoms with E-state index in [9.17, 15) is 9.18 Å². The highest BCUT2D eigenvalue weighted by molar-refractivity contribution is 5.96. The molecule has 2 rings (SSSR count). The van der Waals surface area contributed by atoms with Crippen LogP contribution in [0, 0.1) is 12.7 Å². The van der Waals surface area contributed by atoms with Gasteiger partial charge in [0, 0.05) is 5.69 Å². The number of para-hydroxylation sites is 1. The van der Waals surface area contributed by atoms with Crippen LogP contribution in [0.2, 0.25) is 0 Å². The number of methoxy groups -OCH3 is 1. The molecule has 19 heavy (non-hydrogen) atoms. The molecule has 0 amide bonds. The van der Waals surface area contributed by atoms with Crippen LogP contribution in [0.1, 0.15) is 15.9 Å². The van der Waals surface area contributed by atoms with Gasteiger partial charge in [0.05, 0.1) is 18.4 Å².